The minimum atomic E-state index is -0.278. The number of nitrogens with one attached hydrogen (secondary N) is 1. The van der Waals surface area contributed by atoms with Crippen molar-refractivity contribution < 1.29 is 31.6 Å². The van der Waals surface area contributed by atoms with E-state index in [0.717, 1.165) is 17.9 Å². The Balaban J connectivity index is 0.00000264. The first-order chi connectivity index (χ1) is 10.7. The molecule has 128 valence electrons. The van der Waals surface area contributed by atoms with E-state index < -0.39 is 0 Å². The Morgan fingerprint density at radius 2 is 1.87 bits per heavy atom. The van der Waals surface area contributed by atoms with E-state index in [1.54, 1.807) is 18.1 Å². The molecule has 1 heterocycles. The van der Waals surface area contributed by atoms with Crippen molar-refractivity contribution in [3.8, 4) is 5.75 Å². The van der Waals surface area contributed by atoms with E-state index >= 15 is 0 Å². The average Bonchev–Trinajstić information content (AvgIpc) is 2.54. The van der Waals surface area contributed by atoms with Gasteiger partial charge in [0.15, 0.2) is 0 Å². The van der Waals surface area contributed by atoms with E-state index in [1.807, 2.05) is 31.2 Å². The van der Waals surface area contributed by atoms with Crippen molar-refractivity contribution in [2.45, 2.75) is 32.3 Å². The molecule has 1 fully saturated rings. The average molecular weight is 340 g/mol. The maximum absolute atomic E-state index is 11.8. The van der Waals surface area contributed by atoms with Crippen molar-refractivity contribution in [3.63, 3.8) is 0 Å². The molecule has 23 heavy (non-hydrogen) atoms. The number of rotatable bonds is 6. The van der Waals surface area contributed by atoms with Crippen molar-refractivity contribution in [1.29, 1.82) is 0 Å². The predicted molar refractivity (Wildman–Crippen MR) is 87.0 cm³/mol. The smallest absolute Gasteiger partial charge is 0.331 e. The highest BCUT2D eigenvalue weighted by atomic mass is 35.5. The second-order valence-corrected chi connectivity index (χ2v) is 5.87. The first kappa shape index (κ1) is 19.5. The minimum Gasteiger partial charge on any atom is -1.00 e. The van der Waals surface area contributed by atoms with E-state index in [2.05, 4.69) is 0 Å². The summed E-state index contributed by atoms with van der Waals surface area (Å²) in [6.45, 7) is 5.27. The van der Waals surface area contributed by atoms with Crippen molar-refractivity contribution in [2.75, 3.05) is 26.7 Å². The second-order valence-electron chi connectivity index (χ2n) is 5.87. The maximum atomic E-state index is 11.8. The summed E-state index contributed by atoms with van der Waals surface area (Å²) >= 11 is 0. The Bertz CT molecular complexity index is 495. The van der Waals surface area contributed by atoms with E-state index in [0.29, 0.717) is 0 Å². The van der Waals surface area contributed by atoms with Gasteiger partial charge in [-0.25, -0.2) is 4.79 Å². The number of esters is 1. The number of likely N-dealkylation sites (tertiary alicyclic amines) is 1. The van der Waals surface area contributed by atoms with Gasteiger partial charge in [-0.05, 0) is 50.0 Å². The van der Waals surface area contributed by atoms with Crippen LogP contribution in [0.2, 0.25) is 0 Å². The van der Waals surface area contributed by atoms with Crippen molar-refractivity contribution in [3.05, 3.63) is 35.9 Å². The zero-order valence-corrected chi connectivity index (χ0v) is 14.6. The second kappa shape index (κ2) is 10.3. The normalized spacial score (nSPS) is 16.6. The highest BCUT2D eigenvalue weighted by Crippen LogP contribution is 2.12. The van der Waals surface area contributed by atoms with Gasteiger partial charge in [0, 0.05) is 6.08 Å². The van der Waals surface area contributed by atoms with Crippen LogP contribution in [0.25, 0.3) is 6.08 Å². The molecule has 0 aliphatic carbocycles. The lowest BCUT2D eigenvalue weighted by Crippen LogP contribution is -3.13. The SMILES string of the molecule is COc1ccc(/C=C/C(=O)OC(C)C[NH+]2CCCCC2)cc1.[Cl-]. The van der Waals surface area contributed by atoms with Crippen molar-refractivity contribution in [2.24, 2.45) is 0 Å². The molecular weight excluding hydrogens is 314 g/mol. The number of carbonyl (C=O) groups excluding carboxylic acids is 1. The van der Waals surface area contributed by atoms with Gasteiger partial charge in [-0.2, -0.15) is 0 Å². The highest BCUT2D eigenvalue weighted by Gasteiger charge is 2.18. The Labute approximate surface area is 144 Å². The fourth-order valence-corrected chi connectivity index (χ4v) is 2.82. The van der Waals surface area contributed by atoms with Crippen LogP contribution < -0.4 is 22.0 Å². The van der Waals surface area contributed by atoms with Gasteiger partial charge in [-0.3, -0.25) is 0 Å². The molecule has 1 aromatic rings. The lowest BCUT2D eigenvalue weighted by molar-refractivity contribution is -0.907. The molecule has 2 rings (SSSR count). The highest BCUT2D eigenvalue weighted by molar-refractivity contribution is 5.87. The molecule has 4 nitrogen and oxygen atoms in total. The number of benzene rings is 1. The van der Waals surface area contributed by atoms with E-state index in [1.165, 1.54) is 38.4 Å². The molecule has 1 aliphatic rings. The molecule has 5 heteroatoms. The lowest BCUT2D eigenvalue weighted by atomic mass is 10.1. The van der Waals surface area contributed by atoms with E-state index in [-0.39, 0.29) is 24.5 Å². The number of carbonyl (C=O) groups is 1. The summed E-state index contributed by atoms with van der Waals surface area (Å²) in [5.74, 6) is 0.526. The van der Waals surface area contributed by atoms with Crippen LogP contribution in [0.4, 0.5) is 0 Å². The molecule has 1 aromatic carbocycles. The third-order valence-electron chi connectivity index (χ3n) is 3.98. The van der Waals surface area contributed by atoms with Crippen LogP contribution in [0, 0.1) is 0 Å². The number of ether oxygens (including phenoxy) is 2. The molecule has 1 N–H and O–H groups in total. The maximum Gasteiger partial charge on any atom is 0.331 e. The fourth-order valence-electron chi connectivity index (χ4n) is 2.82. The lowest BCUT2D eigenvalue weighted by Gasteiger charge is -2.25. The summed E-state index contributed by atoms with van der Waals surface area (Å²) in [5, 5.41) is 0. The van der Waals surface area contributed by atoms with Crippen LogP contribution in [0.1, 0.15) is 31.7 Å². The van der Waals surface area contributed by atoms with Crippen LogP contribution >= 0.6 is 0 Å². The molecule has 1 atom stereocenters. The van der Waals surface area contributed by atoms with Crippen LogP contribution in [0.5, 0.6) is 5.75 Å². The Morgan fingerprint density at radius 1 is 1.22 bits per heavy atom. The molecular formula is C18H26ClNO3. The van der Waals surface area contributed by atoms with Crippen molar-refractivity contribution >= 4 is 12.0 Å². The summed E-state index contributed by atoms with van der Waals surface area (Å²) in [4.78, 5) is 13.4. The summed E-state index contributed by atoms with van der Waals surface area (Å²) in [7, 11) is 1.63. The standard InChI is InChI=1S/C18H25NO3.ClH/c1-15(14-19-12-4-3-5-13-19)22-18(20)11-8-16-6-9-17(21-2)10-7-16;/h6-11,15H,3-5,12-14H2,1-2H3;1H/b11-8+;. The largest absolute Gasteiger partial charge is 1.00 e. The minimum absolute atomic E-state index is 0. The predicted octanol–water partition coefficient (Wildman–Crippen LogP) is -1.29. The first-order valence-corrected chi connectivity index (χ1v) is 8.03. The number of hydrogen-bond donors (Lipinski definition) is 1. The number of halogens is 1. The van der Waals surface area contributed by atoms with Gasteiger partial charge in [-0.1, -0.05) is 12.1 Å². The van der Waals surface area contributed by atoms with Gasteiger partial charge < -0.3 is 26.8 Å². The van der Waals surface area contributed by atoms with Crippen LogP contribution in [0.3, 0.4) is 0 Å². The molecule has 0 spiro atoms. The van der Waals surface area contributed by atoms with E-state index in [9.17, 15) is 4.79 Å². The van der Waals surface area contributed by atoms with Gasteiger partial charge >= 0.3 is 5.97 Å². The summed E-state index contributed by atoms with van der Waals surface area (Å²) in [6, 6.07) is 7.55. The van der Waals surface area contributed by atoms with Gasteiger partial charge in [-0.15, -0.1) is 0 Å². The molecule has 0 saturated carbocycles. The molecule has 0 aromatic heterocycles. The molecule has 1 unspecified atom stereocenters. The zero-order chi connectivity index (χ0) is 15.8. The van der Waals surface area contributed by atoms with Gasteiger partial charge in [0.1, 0.15) is 18.4 Å². The Morgan fingerprint density at radius 3 is 2.48 bits per heavy atom. The van der Waals surface area contributed by atoms with Crippen LogP contribution in [-0.2, 0) is 9.53 Å². The zero-order valence-electron chi connectivity index (χ0n) is 13.9. The topological polar surface area (TPSA) is 40.0 Å². The van der Waals surface area contributed by atoms with Gasteiger partial charge in [0.2, 0.25) is 0 Å². The third kappa shape index (κ3) is 7.06. The van der Waals surface area contributed by atoms with Gasteiger partial charge in [0.05, 0.1) is 20.2 Å². The van der Waals surface area contributed by atoms with Gasteiger partial charge in [0.25, 0.3) is 0 Å². The van der Waals surface area contributed by atoms with Crippen molar-refractivity contribution in [1.82, 2.24) is 0 Å². The summed E-state index contributed by atoms with van der Waals surface area (Å²) in [5.41, 5.74) is 0.951. The Kier molecular flexibility index (Phi) is 8.74. The fraction of sp³-hybridized carbons (Fsp3) is 0.500. The molecule has 0 radical (unpaired) electrons. The third-order valence-corrected chi connectivity index (χ3v) is 3.98. The monoisotopic (exact) mass is 339 g/mol. The number of methoxy groups -OCH3 is 1. The van der Waals surface area contributed by atoms with Crippen LogP contribution in [0.15, 0.2) is 30.3 Å². The summed E-state index contributed by atoms with van der Waals surface area (Å²) < 4.78 is 10.5. The number of piperidine rings is 1. The molecule has 0 amide bonds. The molecule has 1 saturated heterocycles. The quantitative estimate of drug-likeness (QED) is 0.518. The number of hydrogen-bond acceptors (Lipinski definition) is 3. The first-order valence-electron chi connectivity index (χ1n) is 8.03. The molecule has 0 bridgehead atoms. The van der Waals surface area contributed by atoms with E-state index in [4.69, 9.17) is 9.47 Å². The Hall–Kier alpha value is -1.52. The number of quaternary nitrogens is 1. The summed E-state index contributed by atoms with van der Waals surface area (Å²) in [6.07, 6.45) is 7.12. The molecule has 1 aliphatic heterocycles. The van der Waals surface area contributed by atoms with Crippen LogP contribution in [-0.4, -0.2) is 38.8 Å².